The normalized spacial score (nSPS) is 19.8. The molecule has 4 rings (SSSR count). The van der Waals surface area contributed by atoms with Crippen molar-refractivity contribution in [3.8, 4) is 0 Å². The van der Waals surface area contributed by atoms with Gasteiger partial charge in [-0.15, -0.1) is 24.8 Å². The van der Waals surface area contributed by atoms with E-state index in [4.69, 9.17) is 5.73 Å². The number of benzene rings is 2. The van der Waals surface area contributed by atoms with Gasteiger partial charge in [-0.2, -0.15) is 0 Å². The highest BCUT2D eigenvalue weighted by Gasteiger charge is 2.31. The van der Waals surface area contributed by atoms with Gasteiger partial charge in [0.05, 0.1) is 0 Å². The zero-order valence-corrected chi connectivity index (χ0v) is 18.3. The first-order chi connectivity index (χ1) is 13.2. The zero-order chi connectivity index (χ0) is 18.6. The maximum Gasteiger partial charge on any atom is 0.223 e. The third kappa shape index (κ3) is 5.44. The molecule has 0 spiro atoms. The van der Waals surface area contributed by atoms with Crippen molar-refractivity contribution in [2.45, 2.75) is 38.8 Å². The lowest BCUT2D eigenvalue weighted by Crippen LogP contribution is -2.34. The molecule has 1 aliphatic heterocycles. The van der Waals surface area contributed by atoms with Crippen LogP contribution in [-0.4, -0.2) is 19.0 Å². The van der Waals surface area contributed by atoms with Crippen molar-refractivity contribution >= 4 is 36.4 Å². The molecule has 3 N–H and O–H groups in total. The quantitative estimate of drug-likeness (QED) is 0.718. The maximum absolute atomic E-state index is 12.4. The van der Waals surface area contributed by atoms with Gasteiger partial charge in [0.25, 0.3) is 0 Å². The Kier molecular flexibility index (Phi) is 8.81. The topological polar surface area (TPSA) is 58.4 Å². The number of carbonyl (C=O) groups excluding carboxylic acids is 1. The van der Waals surface area contributed by atoms with Gasteiger partial charge in [0, 0.05) is 31.2 Å². The van der Waals surface area contributed by atoms with Crippen LogP contribution < -0.4 is 16.0 Å². The van der Waals surface area contributed by atoms with Crippen LogP contribution in [0.1, 0.15) is 36.0 Å². The number of para-hydroxylation sites is 1. The first-order valence-electron chi connectivity index (χ1n) is 10.1. The largest absolute Gasteiger partial charge is 0.367 e. The average Bonchev–Trinajstić information content (AvgIpc) is 3.34. The number of halogens is 2. The number of anilines is 1. The van der Waals surface area contributed by atoms with E-state index in [1.807, 2.05) is 0 Å². The monoisotopic (exact) mass is 435 g/mol. The van der Waals surface area contributed by atoms with Crippen molar-refractivity contribution in [1.82, 2.24) is 5.32 Å². The summed E-state index contributed by atoms with van der Waals surface area (Å²) in [5.41, 5.74) is 11.1. The Labute approximate surface area is 186 Å². The lowest BCUT2D eigenvalue weighted by Gasteiger charge is -2.20. The summed E-state index contributed by atoms with van der Waals surface area (Å²) in [6.45, 7) is 3.23. The second kappa shape index (κ2) is 10.9. The third-order valence-corrected chi connectivity index (χ3v) is 6.15. The number of amides is 1. The van der Waals surface area contributed by atoms with Crippen LogP contribution in [0.25, 0.3) is 0 Å². The van der Waals surface area contributed by atoms with E-state index in [1.165, 1.54) is 16.8 Å². The number of hydrogen-bond acceptors (Lipinski definition) is 3. The fraction of sp³-hybridized carbons (Fsp3) is 0.435. The van der Waals surface area contributed by atoms with Crippen LogP contribution in [0, 0.1) is 11.8 Å². The van der Waals surface area contributed by atoms with E-state index in [2.05, 4.69) is 58.7 Å². The summed E-state index contributed by atoms with van der Waals surface area (Å²) < 4.78 is 0. The highest BCUT2D eigenvalue weighted by molar-refractivity contribution is 5.85. The second-order valence-corrected chi connectivity index (χ2v) is 7.87. The van der Waals surface area contributed by atoms with Gasteiger partial charge in [-0.1, -0.05) is 48.9 Å². The minimum Gasteiger partial charge on any atom is -0.367 e. The molecule has 2 atom stereocenters. The molecule has 6 heteroatoms. The van der Waals surface area contributed by atoms with Gasteiger partial charge in [0.15, 0.2) is 0 Å². The number of nitrogens with two attached hydrogens (primary N) is 1. The summed E-state index contributed by atoms with van der Waals surface area (Å²) in [4.78, 5) is 14.9. The Morgan fingerprint density at radius 2 is 1.76 bits per heavy atom. The maximum atomic E-state index is 12.4. The Morgan fingerprint density at radius 3 is 2.52 bits per heavy atom. The molecule has 1 amide bonds. The summed E-state index contributed by atoms with van der Waals surface area (Å²) in [7, 11) is 0. The van der Waals surface area contributed by atoms with Gasteiger partial charge in [0.1, 0.15) is 0 Å². The predicted octanol–water partition coefficient (Wildman–Crippen LogP) is 4.08. The number of fused-ring (bicyclic) bond motifs is 1. The molecule has 4 nitrogen and oxygen atoms in total. The molecule has 0 unspecified atom stereocenters. The van der Waals surface area contributed by atoms with Crippen LogP contribution in [0.3, 0.4) is 0 Å². The van der Waals surface area contributed by atoms with Crippen LogP contribution in [-0.2, 0) is 24.3 Å². The van der Waals surface area contributed by atoms with Crippen molar-refractivity contribution in [2.24, 2.45) is 17.6 Å². The van der Waals surface area contributed by atoms with Crippen molar-refractivity contribution in [3.63, 3.8) is 0 Å². The highest BCUT2D eigenvalue weighted by atomic mass is 35.5. The molecule has 2 aromatic rings. The molecule has 0 bridgehead atoms. The van der Waals surface area contributed by atoms with Crippen molar-refractivity contribution in [3.05, 3.63) is 65.2 Å². The molecular weight excluding hydrogens is 405 g/mol. The lowest BCUT2D eigenvalue weighted by molar-refractivity contribution is -0.126. The third-order valence-electron chi connectivity index (χ3n) is 6.15. The molecule has 29 heavy (non-hydrogen) atoms. The first kappa shape index (κ1) is 23.5. The highest BCUT2D eigenvalue weighted by Crippen LogP contribution is 2.31. The molecular formula is C23H31Cl2N3O. The fourth-order valence-electron chi connectivity index (χ4n) is 4.54. The minimum atomic E-state index is 0. The number of hydrogen-bond donors (Lipinski definition) is 2. The smallest absolute Gasteiger partial charge is 0.223 e. The van der Waals surface area contributed by atoms with E-state index in [0.717, 1.165) is 44.3 Å². The number of nitrogens with one attached hydrogen (secondary N) is 1. The minimum absolute atomic E-state index is 0. The fourth-order valence-corrected chi connectivity index (χ4v) is 4.54. The molecule has 2 aliphatic rings. The van der Waals surface area contributed by atoms with Gasteiger partial charge in [-0.3, -0.25) is 4.79 Å². The second-order valence-electron chi connectivity index (χ2n) is 7.87. The number of nitrogens with zero attached hydrogens (tertiary/aromatic N) is 1. The molecule has 1 heterocycles. The number of carbonyl (C=O) groups is 1. The van der Waals surface area contributed by atoms with Crippen LogP contribution >= 0.6 is 24.8 Å². The zero-order valence-electron chi connectivity index (χ0n) is 16.7. The van der Waals surface area contributed by atoms with Crippen molar-refractivity contribution in [2.75, 3.05) is 18.0 Å². The van der Waals surface area contributed by atoms with Gasteiger partial charge >= 0.3 is 0 Å². The molecule has 0 saturated heterocycles. The van der Waals surface area contributed by atoms with Crippen LogP contribution in [0.5, 0.6) is 0 Å². The van der Waals surface area contributed by atoms with E-state index in [1.54, 1.807) is 0 Å². The van der Waals surface area contributed by atoms with E-state index in [0.29, 0.717) is 19.0 Å². The predicted molar refractivity (Wildman–Crippen MR) is 124 cm³/mol. The lowest BCUT2D eigenvalue weighted by atomic mass is 9.95. The molecule has 2 aromatic carbocycles. The van der Waals surface area contributed by atoms with Crippen molar-refractivity contribution in [1.29, 1.82) is 0 Å². The van der Waals surface area contributed by atoms with Crippen LogP contribution in [0.2, 0.25) is 0 Å². The number of rotatable bonds is 6. The van der Waals surface area contributed by atoms with E-state index < -0.39 is 0 Å². The van der Waals surface area contributed by atoms with Gasteiger partial charge in [0.2, 0.25) is 5.91 Å². The van der Waals surface area contributed by atoms with Crippen LogP contribution in [0.15, 0.2) is 48.5 Å². The molecule has 0 aromatic heterocycles. The summed E-state index contributed by atoms with van der Waals surface area (Å²) in [5.74, 6) is 0.626. The Bertz CT molecular complexity index is 797. The van der Waals surface area contributed by atoms with Gasteiger partial charge < -0.3 is 16.0 Å². The van der Waals surface area contributed by atoms with Crippen molar-refractivity contribution < 1.29 is 4.79 Å². The Hall–Kier alpha value is -1.75. The van der Waals surface area contributed by atoms with Gasteiger partial charge in [-0.05, 0) is 54.5 Å². The summed E-state index contributed by atoms with van der Waals surface area (Å²) in [5, 5.41) is 3.11. The molecule has 1 aliphatic carbocycles. The summed E-state index contributed by atoms with van der Waals surface area (Å²) >= 11 is 0. The first-order valence-corrected chi connectivity index (χ1v) is 10.1. The van der Waals surface area contributed by atoms with E-state index in [-0.39, 0.29) is 36.6 Å². The SMILES string of the molecule is Cl.Cl.NC[C@H]1CCC[C@H]1C(=O)NCc1ccc(CN2CCc3ccccc32)cc1. The van der Waals surface area contributed by atoms with Crippen LogP contribution in [0.4, 0.5) is 5.69 Å². The molecule has 1 saturated carbocycles. The Balaban J connectivity index is 0.00000150. The molecule has 1 fully saturated rings. The van der Waals surface area contributed by atoms with E-state index >= 15 is 0 Å². The summed E-state index contributed by atoms with van der Waals surface area (Å²) in [6.07, 6.45) is 4.31. The summed E-state index contributed by atoms with van der Waals surface area (Å²) in [6, 6.07) is 17.3. The average molecular weight is 436 g/mol. The Morgan fingerprint density at radius 1 is 1.03 bits per heavy atom. The molecule has 0 radical (unpaired) electrons. The van der Waals surface area contributed by atoms with Gasteiger partial charge in [-0.25, -0.2) is 0 Å². The molecule has 158 valence electrons. The van der Waals surface area contributed by atoms with E-state index in [9.17, 15) is 4.79 Å². The standard InChI is InChI=1S/C23H29N3O.2ClH/c24-14-20-5-3-6-21(20)23(27)25-15-17-8-10-18(11-9-17)16-26-13-12-19-4-1-2-7-22(19)26;;/h1-2,4,7-11,20-21H,3,5-6,12-16,24H2,(H,25,27);2*1H/t20-,21-;;/m1../s1.